The lowest BCUT2D eigenvalue weighted by Gasteiger charge is -2.55. The molecule has 6 bridgehead atoms. The Hall–Kier alpha value is -11.9. The largest absolute Gasteiger partial charge is 0.548 e. The molecule has 17 rings (SSSR count). The average Bonchev–Trinajstić information content (AvgIpc) is 1.52. The number of thiol groups is 1. The zero-order valence-electron chi connectivity index (χ0n) is 66.6. The summed E-state index contributed by atoms with van der Waals surface area (Å²) < 4.78 is 30.6. The smallest absolute Gasteiger partial charge is 0.351 e. The van der Waals surface area contributed by atoms with Crippen molar-refractivity contribution in [2.75, 3.05) is 40.1 Å². The summed E-state index contributed by atoms with van der Waals surface area (Å²) in [5.41, 5.74) is -1.85. The molecule has 616 valence electrons. The highest BCUT2D eigenvalue weighted by Gasteiger charge is 2.76. The fourth-order valence-corrected chi connectivity index (χ4v) is 20.4. The second-order valence-electron chi connectivity index (χ2n) is 29.0. The molecule has 1 aromatic heterocycles. The summed E-state index contributed by atoms with van der Waals surface area (Å²) in [6, 6.07) is 101. The maximum Gasteiger partial charge on any atom is 0.351 e. The maximum absolute atomic E-state index is 12.1. The van der Waals surface area contributed by atoms with Gasteiger partial charge in [0.25, 0.3) is 0 Å². The number of esters is 4. The van der Waals surface area contributed by atoms with E-state index >= 15 is 0 Å². The van der Waals surface area contributed by atoms with Crippen molar-refractivity contribution in [1.82, 2.24) is 0 Å². The third kappa shape index (κ3) is 26.6. The van der Waals surface area contributed by atoms with Crippen LogP contribution >= 0.6 is 10.5 Å². The molecule has 0 radical (unpaired) electrons. The number of aliphatic carboxylic acids is 5. The number of rotatable bonds is 19. The summed E-state index contributed by atoms with van der Waals surface area (Å²) in [5.74, 6) is -6.19. The number of hydrogen-bond donors (Lipinski definition) is 0. The van der Waals surface area contributed by atoms with Crippen molar-refractivity contribution >= 4 is 107 Å². The third-order valence-electron chi connectivity index (χ3n) is 20.4. The minimum absolute atomic E-state index is 0.0146. The molecule has 2 atom stereocenters. The van der Waals surface area contributed by atoms with Gasteiger partial charge in [-0.3, -0.25) is 14.4 Å². The minimum atomic E-state index is -1.48. The van der Waals surface area contributed by atoms with Gasteiger partial charge >= 0.3 is 23.9 Å². The molecule has 11 aromatic rings. The molecule has 6 fully saturated rings. The molecule has 6 aliphatic rings. The molecule has 0 spiro atoms. The van der Waals surface area contributed by atoms with E-state index in [1.807, 2.05) is 36.4 Å². The summed E-state index contributed by atoms with van der Waals surface area (Å²) in [7, 11) is 1.35. The number of methoxy groups -OCH3 is 1. The molecule has 23 heteroatoms. The lowest BCUT2D eigenvalue weighted by atomic mass is 9.49. The van der Waals surface area contributed by atoms with Crippen molar-refractivity contribution < 1.29 is 97.1 Å². The average molecular weight is 1650 g/mol. The SMILES string of the molecule is CC(=O)OCC(=O)[O-].CC12CCC(C(=O)OCC(=O)[O-])(OC1=O)C2(C)C.COCC(=O)[O-].Cc1ccccc1.O=C([O-])COC(=O)C12CC3CC(CC(C3)C1)C2.O=C([O-])COc1ccccc1.c1ccc(-[s+]2c3ccccc3c3ccccc32)cc1.c1ccc([S+](c2ccccc2)c2ccccc2)cc1.c1ccc([SH+]c2ccccc2)cc1. The van der Waals surface area contributed by atoms with Gasteiger partial charge in [0.1, 0.15) is 32.2 Å². The van der Waals surface area contributed by atoms with E-state index in [4.69, 9.17) is 14.2 Å². The van der Waals surface area contributed by atoms with Gasteiger partial charge in [0.2, 0.25) is 5.60 Å². The standard InChI is InChI=1S/C18H13S.C18H15S.C13H18O4.C12H16O6.C12H10S.C8H8O3.C7H8.C4H6O4.C3H6O3/c1-2-8-14(9-3-1)19-17-12-6-4-10-15(17)16-11-5-7-13-18(16)19;1-4-10-16(11-5-1)19(17-12-6-2-7-13-17)18-14-8-3-9-15-18;14-11(15)7-17-12(16)13-4-8-1-9(5-13)3-10(2-8)6-13;1-10(2)11(3)4-5-12(10,18-8(11)15)9(16)17-6-7(13)14;1-3-7-11(8-4-1)13-12-9-5-2-6-10-12;9-8(10)6-11-7-4-2-1-3-5-7;1-7-5-3-2-4-6-7;1-3(5)8-2-4(6)7;1-6-2-3(4)5/h1-13H;1-15H;8-10H,1-7H2,(H,14,15);4-6H2,1-3H3,(H,13,14);1-10H;1-5H,6H2,(H,9,10);2-6H,1H3;2H2,1H3,(H,6,7);2H2,1H3,(H,4,5)/q2*+1;;;;;;;/p-4. The van der Waals surface area contributed by atoms with Crippen molar-refractivity contribution in [3.05, 3.63) is 297 Å². The Morgan fingerprint density at radius 1 is 0.432 bits per heavy atom. The highest BCUT2D eigenvalue weighted by Crippen LogP contribution is 2.66. The van der Waals surface area contributed by atoms with Crippen molar-refractivity contribution in [2.45, 2.75) is 116 Å². The van der Waals surface area contributed by atoms with Crippen LogP contribution in [-0.4, -0.2) is 99.5 Å². The van der Waals surface area contributed by atoms with E-state index in [2.05, 4.69) is 252 Å². The van der Waals surface area contributed by atoms with Gasteiger partial charge in [-0.25, -0.2) is 4.79 Å². The highest BCUT2D eigenvalue weighted by molar-refractivity contribution is 7.97. The quantitative estimate of drug-likeness (QED) is 0.0314. The number of aryl methyl sites for hydroxylation is 1. The first-order valence-corrected chi connectivity index (χ1v) is 41.6. The van der Waals surface area contributed by atoms with Crippen molar-refractivity contribution in [3.63, 3.8) is 0 Å². The third-order valence-corrected chi connectivity index (χ3v) is 26.1. The maximum atomic E-state index is 12.1. The molecule has 1 saturated heterocycles. The fraction of sp³-hybridized carbons (Fsp3) is 0.274. The molecule has 5 saturated carbocycles. The number of benzene rings is 10. The van der Waals surface area contributed by atoms with Crippen LogP contribution in [0.4, 0.5) is 0 Å². The Bertz CT molecular complexity index is 4790. The van der Waals surface area contributed by atoms with E-state index in [0.29, 0.717) is 36.3 Å². The van der Waals surface area contributed by atoms with E-state index in [0.717, 1.165) is 26.2 Å². The number of fused-ring (bicyclic) bond motifs is 5. The lowest BCUT2D eigenvalue weighted by molar-refractivity contribution is -0.310. The summed E-state index contributed by atoms with van der Waals surface area (Å²) in [5, 5.41) is 52.3. The molecular formula is C95H96O20S3-2. The Kier molecular flexibility index (Phi) is 35.4. The number of para-hydroxylation sites is 1. The molecule has 20 nitrogen and oxygen atoms in total. The Morgan fingerprint density at radius 2 is 0.780 bits per heavy atom. The summed E-state index contributed by atoms with van der Waals surface area (Å²) in [6.07, 6.45) is 7.38. The normalized spacial score (nSPS) is 18.6. The van der Waals surface area contributed by atoms with E-state index in [1.54, 1.807) is 45.0 Å². The first-order chi connectivity index (χ1) is 56.7. The van der Waals surface area contributed by atoms with E-state index in [9.17, 15) is 68.7 Å². The van der Waals surface area contributed by atoms with Crippen molar-refractivity contribution in [1.29, 1.82) is 0 Å². The van der Waals surface area contributed by atoms with Gasteiger partial charge in [0, 0.05) is 52.5 Å². The van der Waals surface area contributed by atoms with Gasteiger partial charge in [-0.1, -0.05) is 201 Å². The number of ether oxygens (including phenoxy) is 6. The van der Waals surface area contributed by atoms with E-state index < -0.39 is 90.6 Å². The number of thiophene rings is 1. The molecule has 10 aromatic carbocycles. The van der Waals surface area contributed by atoms with Gasteiger partial charge in [0.15, 0.2) is 38.8 Å². The fourth-order valence-electron chi connectivity index (χ4n) is 14.9. The Labute approximate surface area is 697 Å². The second-order valence-corrected chi connectivity index (χ2v) is 34.2. The lowest BCUT2D eigenvalue weighted by Crippen LogP contribution is -2.51. The molecule has 2 unspecified atom stereocenters. The Morgan fingerprint density at radius 3 is 1.11 bits per heavy atom. The number of carbonyl (C=O) groups excluding carboxylic acids is 9. The summed E-state index contributed by atoms with van der Waals surface area (Å²) >= 11 is 1.28. The van der Waals surface area contributed by atoms with Crippen molar-refractivity contribution in [3.8, 4) is 10.6 Å². The van der Waals surface area contributed by atoms with Crippen LogP contribution in [0.5, 0.6) is 5.75 Å². The first kappa shape index (κ1) is 91.6. The van der Waals surface area contributed by atoms with Crippen LogP contribution in [0.25, 0.3) is 25.1 Å². The van der Waals surface area contributed by atoms with Crippen molar-refractivity contribution in [2.24, 2.45) is 34.0 Å². The zero-order valence-corrected chi connectivity index (χ0v) is 69.1. The van der Waals surface area contributed by atoms with Crippen LogP contribution in [0.3, 0.4) is 0 Å². The van der Waals surface area contributed by atoms with E-state index in [-0.39, 0.29) is 39.4 Å². The number of carbonyl (C=O) groups is 9. The van der Waals surface area contributed by atoms with Gasteiger partial charge in [-0.15, -0.1) is 0 Å². The highest BCUT2D eigenvalue weighted by atomic mass is 32.2. The molecule has 5 aliphatic carbocycles. The predicted molar refractivity (Wildman–Crippen MR) is 444 cm³/mol. The van der Waals surface area contributed by atoms with Crippen LogP contribution < -0.4 is 30.3 Å². The summed E-state index contributed by atoms with van der Waals surface area (Å²) in [4.78, 5) is 103. The van der Waals surface area contributed by atoms with Gasteiger partial charge in [-0.05, 0) is 192 Å². The number of carboxylic acid groups (broad SMARTS) is 5. The molecular weight excluding hydrogens is 1560 g/mol. The zero-order chi connectivity index (χ0) is 85.1. The predicted octanol–water partition coefficient (Wildman–Crippen LogP) is 11.8. The van der Waals surface area contributed by atoms with Crippen LogP contribution in [0.1, 0.15) is 84.6 Å². The van der Waals surface area contributed by atoms with Gasteiger partial charge < -0.3 is 77.9 Å². The molecule has 0 amide bonds. The van der Waals surface area contributed by atoms with Gasteiger partial charge in [0.05, 0.1) is 58.2 Å². The molecule has 1 aliphatic heterocycles. The topological polar surface area (TPSA) is 324 Å². The van der Waals surface area contributed by atoms with E-state index in [1.165, 1.54) is 93.2 Å². The van der Waals surface area contributed by atoms with Crippen LogP contribution in [0.2, 0.25) is 0 Å². The molecule has 118 heavy (non-hydrogen) atoms. The second kappa shape index (κ2) is 45.6. The number of hydrogen-bond acceptors (Lipinski definition) is 20. The minimum Gasteiger partial charge on any atom is -0.548 e. The summed E-state index contributed by atoms with van der Waals surface area (Å²) in [6.45, 7) is 5.71. The van der Waals surface area contributed by atoms with Gasteiger partial charge in [-0.2, -0.15) is 0 Å². The first-order valence-electron chi connectivity index (χ1n) is 38.3. The van der Waals surface area contributed by atoms with Crippen LogP contribution in [0.15, 0.2) is 316 Å². The Balaban J connectivity index is 0.000000169. The molecule has 2 heterocycles. The monoisotopic (exact) mass is 1650 g/mol. The van der Waals surface area contributed by atoms with Crippen LogP contribution in [0, 0.1) is 40.9 Å². The van der Waals surface area contributed by atoms with Crippen LogP contribution in [-0.2, 0) is 89.5 Å². The number of carboxylic acids is 5. The molecule has 0 N–H and O–H groups in total.